The van der Waals surface area contributed by atoms with Crippen LogP contribution in [-0.4, -0.2) is 25.3 Å². The molecule has 0 fully saturated rings. The van der Waals surface area contributed by atoms with E-state index in [1.807, 2.05) is 24.3 Å². The average molecular weight is 291 g/mol. The fraction of sp³-hybridized carbons (Fsp3) is 0.500. The van der Waals surface area contributed by atoms with Gasteiger partial charge in [-0.2, -0.15) is 5.10 Å². The Hall–Kier alpha value is -2.04. The fourth-order valence-electron chi connectivity index (χ4n) is 1.91. The van der Waals surface area contributed by atoms with Gasteiger partial charge in [-0.3, -0.25) is 4.79 Å². The van der Waals surface area contributed by atoms with Crippen molar-refractivity contribution in [2.24, 2.45) is 5.10 Å². The third-order valence-corrected chi connectivity index (χ3v) is 2.94. The lowest BCUT2D eigenvalue weighted by atomic mass is 10.1. The lowest BCUT2D eigenvalue weighted by Gasteiger charge is -2.08. The molecule has 0 aliphatic heterocycles. The number of amides is 1. The summed E-state index contributed by atoms with van der Waals surface area (Å²) in [5.74, 6) is 0.606. The molecule has 0 atom stereocenters. The lowest BCUT2D eigenvalue weighted by Crippen LogP contribution is -2.27. The number of hydrogen-bond donors (Lipinski definition) is 2. The summed E-state index contributed by atoms with van der Waals surface area (Å²) in [6.07, 6.45) is 3.93. The quantitative estimate of drug-likeness (QED) is 0.542. The maximum atomic E-state index is 11.8. The van der Waals surface area contributed by atoms with E-state index in [0.29, 0.717) is 0 Å². The highest BCUT2D eigenvalue weighted by atomic mass is 16.5. The Bertz CT molecular complexity index is 464. The van der Waals surface area contributed by atoms with Crippen LogP contribution in [-0.2, 0) is 4.79 Å². The first-order chi connectivity index (χ1) is 10.2. The van der Waals surface area contributed by atoms with Crippen LogP contribution < -0.4 is 15.5 Å². The Morgan fingerprint density at radius 2 is 1.95 bits per heavy atom. The predicted molar refractivity (Wildman–Crippen MR) is 86.9 cm³/mol. The summed E-state index contributed by atoms with van der Waals surface area (Å²) >= 11 is 0. The maximum absolute atomic E-state index is 11.8. The summed E-state index contributed by atoms with van der Waals surface area (Å²) in [6.45, 7) is 4.40. The SMILES string of the molecule is CCCC(CCC)=NNC(=O)CNc1cccc(OC)c1. The van der Waals surface area contributed by atoms with Gasteiger partial charge in [-0.25, -0.2) is 5.43 Å². The van der Waals surface area contributed by atoms with Crippen LogP contribution in [0.3, 0.4) is 0 Å². The molecule has 1 aromatic carbocycles. The van der Waals surface area contributed by atoms with Crippen LogP contribution in [0.5, 0.6) is 5.75 Å². The Labute approximate surface area is 126 Å². The number of hydrogen-bond acceptors (Lipinski definition) is 4. The zero-order chi connectivity index (χ0) is 15.5. The van der Waals surface area contributed by atoms with Crippen molar-refractivity contribution in [3.63, 3.8) is 0 Å². The van der Waals surface area contributed by atoms with Crippen molar-refractivity contribution in [2.75, 3.05) is 19.0 Å². The number of carbonyl (C=O) groups is 1. The van der Waals surface area contributed by atoms with Crippen LogP contribution in [0.25, 0.3) is 0 Å². The summed E-state index contributed by atoms with van der Waals surface area (Å²) in [5.41, 5.74) is 4.50. The number of nitrogens with one attached hydrogen (secondary N) is 2. The second-order valence-electron chi connectivity index (χ2n) is 4.80. The van der Waals surface area contributed by atoms with E-state index in [1.54, 1.807) is 7.11 Å². The summed E-state index contributed by atoms with van der Waals surface area (Å²) < 4.78 is 5.13. The number of rotatable bonds is 9. The van der Waals surface area contributed by atoms with Crippen molar-refractivity contribution in [1.29, 1.82) is 0 Å². The summed E-state index contributed by atoms with van der Waals surface area (Å²) in [7, 11) is 1.61. The van der Waals surface area contributed by atoms with E-state index in [9.17, 15) is 4.79 Å². The van der Waals surface area contributed by atoms with Crippen molar-refractivity contribution in [3.05, 3.63) is 24.3 Å². The molecule has 0 aliphatic carbocycles. The van der Waals surface area contributed by atoms with Gasteiger partial charge in [0.05, 0.1) is 13.7 Å². The van der Waals surface area contributed by atoms with E-state index in [-0.39, 0.29) is 12.5 Å². The normalized spacial score (nSPS) is 9.86. The van der Waals surface area contributed by atoms with Gasteiger partial charge in [-0.15, -0.1) is 0 Å². The van der Waals surface area contributed by atoms with Gasteiger partial charge in [0.2, 0.25) is 0 Å². The molecule has 21 heavy (non-hydrogen) atoms. The first-order valence-corrected chi connectivity index (χ1v) is 7.41. The minimum absolute atomic E-state index is 0.150. The van der Waals surface area contributed by atoms with Crippen LogP contribution in [0, 0.1) is 0 Å². The first-order valence-electron chi connectivity index (χ1n) is 7.41. The van der Waals surface area contributed by atoms with Crippen molar-refractivity contribution in [3.8, 4) is 5.75 Å². The Kier molecular flexibility index (Phi) is 7.94. The van der Waals surface area contributed by atoms with Crippen molar-refractivity contribution in [1.82, 2.24) is 5.43 Å². The predicted octanol–water partition coefficient (Wildman–Crippen LogP) is 3.18. The Balaban J connectivity index is 2.44. The van der Waals surface area contributed by atoms with Crippen LogP contribution in [0.1, 0.15) is 39.5 Å². The molecule has 116 valence electrons. The van der Waals surface area contributed by atoms with E-state index >= 15 is 0 Å². The van der Waals surface area contributed by atoms with Crippen LogP contribution in [0.2, 0.25) is 0 Å². The monoisotopic (exact) mass is 291 g/mol. The van der Waals surface area contributed by atoms with E-state index in [4.69, 9.17) is 4.74 Å². The minimum atomic E-state index is -0.150. The molecule has 1 amide bonds. The van der Waals surface area contributed by atoms with Crippen LogP contribution in [0.15, 0.2) is 29.4 Å². The van der Waals surface area contributed by atoms with E-state index in [1.165, 1.54) is 0 Å². The second-order valence-corrected chi connectivity index (χ2v) is 4.80. The molecule has 5 nitrogen and oxygen atoms in total. The molecule has 0 spiro atoms. The molecule has 5 heteroatoms. The fourth-order valence-corrected chi connectivity index (χ4v) is 1.91. The lowest BCUT2D eigenvalue weighted by molar-refractivity contribution is -0.119. The van der Waals surface area contributed by atoms with E-state index < -0.39 is 0 Å². The van der Waals surface area contributed by atoms with Gasteiger partial charge in [-0.05, 0) is 25.0 Å². The van der Waals surface area contributed by atoms with Gasteiger partial charge in [0, 0.05) is 17.5 Å². The number of benzene rings is 1. The highest BCUT2D eigenvalue weighted by Crippen LogP contribution is 2.16. The Morgan fingerprint density at radius 1 is 1.24 bits per heavy atom. The van der Waals surface area contributed by atoms with Gasteiger partial charge < -0.3 is 10.1 Å². The molecule has 0 saturated heterocycles. The molecular formula is C16H25N3O2. The standard InChI is InChI=1S/C16H25N3O2/c1-4-7-13(8-5-2)18-19-16(20)12-17-14-9-6-10-15(11-14)21-3/h6,9-11,17H,4-5,7-8,12H2,1-3H3,(H,19,20). The van der Waals surface area contributed by atoms with Gasteiger partial charge in [0.1, 0.15) is 5.75 Å². The molecule has 0 heterocycles. The third kappa shape index (κ3) is 6.79. The maximum Gasteiger partial charge on any atom is 0.259 e. The minimum Gasteiger partial charge on any atom is -0.497 e. The van der Waals surface area contributed by atoms with Gasteiger partial charge in [-0.1, -0.05) is 32.8 Å². The molecule has 0 aromatic heterocycles. The van der Waals surface area contributed by atoms with Gasteiger partial charge in [0.25, 0.3) is 5.91 Å². The summed E-state index contributed by atoms with van der Waals surface area (Å²) in [6, 6.07) is 7.46. The van der Waals surface area contributed by atoms with E-state index in [2.05, 4.69) is 29.7 Å². The van der Waals surface area contributed by atoms with Crippen LogP contribution >= 0.6 is 0 Å². The first kappa shape index (κ1) is 17.0. The second kappa shape index (κ2) is 9.80. The highest BCUT2D eigenvalue weighted by Gasteiger charge is 2.02. The van der Waals surface area contributed by atoms with Crippen LogP contribution in [0.4, 0.5) is 5.69 Å². The smallest absolute Gasteiger partial charge is 0.259 e. The largest absolute Gasteiger partial charge is 0.497 e. The Morgan fingerprint density at radius 3 is 2.57 bits per heavy atom. The molecular weight excluding hydrogens is 266 g/mol. The van der Waals surface area contributed by atoms with Crippen molar-refractivity contribution >= 4 is 17.3 Å². The number of nitrogens with zero attached hydrogens (tertiary/aromatic N) is 1. The van der Waals surface area contributed by atoms with E-state index in [0.717, 1.165) is 42.8 Å². The molecule has 1 aromatic rings. The summed E-state index contributed by atoms with van der Waals surface area (Å²) in [5, 5.41) is 7.25. The molecule has 2 N–H and O–H groups in total. The number of carbonyl (C=O) groups excluding carboxylic acids is 1. The molecule has 0 aliphatic rings. The third-order valence-electron chi connectivity index (χ3n) is 2.94. The summed E-state index contributed by atoms with van der Waals surface area (Å²) in [4.78, 5) is 11.8. The zero-order valence-electron chi connectivity index (χ0n) is 13.1. The number of anilines is 1. The highest BCUT2D eigenvalue weighted by molar-refractivity contribution is 5.87. The number of ether oxygens (including phenoxy) is 1. The number of hydrazone groups is 1. The number of methoxy groups -OCH3 is 1. The topological polar surface area (TPSA) is 62.7 Å². The van der Waals surface area contributed by atoms with Gasteiger partial charge in [0.15, 0.2) is 0 Å². The van der Waals surface area contributed by atoms with Crippen molar-refractivity contribution in [2.45, 2.75) is 39.5 Å². The zero-order valence-corrected chi connectivity index (χ0v) is 13.1. The average Bonchev–Trinajstić information content (AvgIpc) is 2.51. The van der Waals surface area contributed by atoms with Gasteiger partial charge >= 0.3 is 0 Å². The molecule has 0 radical (unpaired) electrons. The molecule has 0 bridgehead atoms. The molecule has 1 rings (SSSR count). The molecule has 0 unspecified atom stereocenters. The molecule has 0 saturated carbocycles. The van der Waals surface area contributed by atoms with Crippen molar-refractivity contribution < 1.29 is 9.53 Å².